The van der Waals surface area contributed by atoms with E-state index < -0.39 is 0 Å². The topological polar surface area (TPSA) is 78.5 Å². The molecule has 0 aromatic heterocycles. The van der Waals surface area contributed by atoms with Crippen LogP contribution in [0.1, 0.15) is 16.8 Å². The molecule has 1 heterocycles. The summed E-state index contributed by atoms with van der Waals surface area (Å²) in [7, 11) is 0. The van der Waals surface area contributed by atoms with Crippen LogP contribution in [0.25, 0.3) is 10.8 Å². The predicted molar refractivity (Wildman–Crippen MR) is 125 cm³/mol. The Morgan fingerprint density at radius 2 is 1.53 bits per heavy atom. The number of para-hydroxylation sites is 1. The monoisotopic (exact) mass is 421 g/mol. The Kier molecular flexibility index (Phi) is 4.88. The summed E-state index contributed by atoms with van der Waals surface area (Å²) in [4.78, 5) is 39.4. The van der Waals surface area contributed by atoms with Gasteiger partial charge in [0.05, 0.1) is 11.4 Å². The number of nitrogens with one attached hydrogen (secondary N) is 2. The minimum absolute atomic E-state index is 0.242. The van der Waals surface area contributed by atoms with Crippen LogP contribution in [-0.4, -0.2) is 17.7 Å². The van der Waals surface area contributed by atoms with Gasteiger partial charge in [-0.1, -0.05) is 48.5 Å². The Labute approximate surface area is 184 Å². The minimum Gasteiger partial charge on any atom is -0.323 e. The molecular formula is C26H19N3O3. The zero-order valence-electron chi connectivity index (χ0n) is 17.0. The van der Waals surface area contributed by atoms with Crippen LogP contribution in [0.15, 0.2) is 91.0 Å². The normalized spacial score (nSPS) is 13.3. The summed E-state index contributed by atoms with van der Waals surface area (Å²) in [5.74, 6) is -0.930. The first-order valence-corrected chi connectivity index (χ1v) is 10.2. The number of anilines is 4. The largest absolute Gasteiger partial charge is 0.323 e. The smallest absolute Gasteiger partial charge is 0.255 e. The van der Waals surface area contributed by atoms with Crippen LogP contribution in [0.4, 0.5) is 22.7 Å². The van der Waals surface area contributed by atoms with Crippen LogP contribution in [0, 0.1) is 0 Å². The molecule has 1 aliphatic rings. The second kappa shape index (κ2) is 8.00. The van der Waals surface area contributed by atoms with Gasteiger partial charge in [0.25, 0.3) is 5.91 Å². The molecule has 4 aromatic rings. The first-order chi connectivity index (χ1) is 15.6. The van der Waals surface area contributed by atoms with Crippen LogP contribution in [0.5, 0.6) is 0 Å². The number of rotatable bonds is 3. The number of hydrogen-bond donors (Lipinski definition) is 2. The number of fused-ring (bicyclic) bond motifs is 3. The highest BCUT2D eigenvalue weighted by Crippen LogP contribution is 2.39. The van der Waals surface area contributed by atoms with Crippen molar-refractivity contribution in [2.75, 3.05) is 15.5 Å². The van der Waals surface area contributed by atoms with Gasteiger partial charge in [-0.3, -0.25) is 19.3 Å². The number of amides is 3. The molecule has 0 saturated heterocycles. The number of hydrogen-bond acceptors (Lipinski definition) is 3. The third kappa shape index (κ3) is 3.58. The molecule has 0 unspecified atom stereocenters. The lowest BCUT2D eigenvalue weighted by atomic mass is 10.1. The Balaban J connectivity index is 1.51. The zero-order chi connectivity index (χ0) is 22.1. The number of benzene rings is 4. The molecule has 6 nitrogen and oxygen atoms in total. The second-order valence-electron chi connectivity index (χ2n) is 7.50. The summed E-state index contributed by atoms with van der Waals surface area (Å²) in [5.41, 5.74) is 2.95. The molecule has 0 spiro atoms. The summed E-state index contributed by atoms with van der Waals surface area (Å²) >= 11 is 0. The maximum Gasteiger partial charge on any atom is 0.255 e. The Hall–Kier alpha value is -4.45. The van der Waals surface area contributed by atoms with E-state index in [4.69, 9.17) is 0 Å². The third-order valence-corrected chi connectivity index (χ3v) is 5.39. The molecule has 5 rings (SSSR count). The van der Waals surface area contributed by atoms with Gasteiger partial charge in [0.2, 0.25) is 11.8 Å². The molecule has 2 N–H and O–H groups in total. The molecule has 156 valence electrons. The van der Waals surface area contributed by atoms with Crippen molar-refractivity contribution in [1.29, 1.82) is 0 Å². The van der Waals surface area contributed by atoms with Crippen LogP contribution in [-0.2, 0) is 9.59 Å². The summed E-state index contributed by atoms with van der Waals surface area (Å²) < 4.78 is 0. The molecule has 1 aliphatic heterocycles. The lowest BCUT2D eigenvalue weighted by Gasteiger charge is -2.23. The van der Waals surface area contributed by atoms with E-state index in [2.05, 4.69) is 10.6 Å². The quantitative estimate of drug-likeness (QED) is 0.452. The molecule has 0 atom stereocenters. The number of nitrogens with zero attached hydrogens (tertiary/aromatic N) is 1. The molecule has 0 bridgehead atoms. The van der Waals surface area contributed by atoms with E-state index in [1.165, 1.54) is 4.90 Å². The van der Waals surface area contributed by atoms with Gasteiger partial charge in [0, 0.05) is 22.3 Å². The van der Waals surface area contributed by atoms with Gasteiger partial charge in [0.1, 0.15) is 6.42 Å². The van der Waals surface area contributed by atoms with Gasteiger partial charge in [-0.05, 0) is 47.9 Å². The highest BCUT2D eigenvalue weighted by molar-refractivity contribution is 6.21. The summed E-state index contributed by atoms with van der Waals surface area (Å²) in [6.07, 6.45) is -0.265. The van der Waals surface area contributed by atoms with Gasteiger partial charge in [-0.25, -0.2) is 0 Å². The van der Waals surface area contributed by atoms with Crippen molar-refractivity contribution in [3.8, 4) is 0 Å². The fourth-order valence-electron chi connectivity index (χ4n) is 3.88. The summed E-state index contributed by atoms with van der Waals surface area (Å²) in [6, 6.07) is 27.4. The molecule has 0 fully saturated rings. The highest BCUT2D eigenvalue weighted by Gasteiger charge is 2.28. The average Bonchev–Trinajstić information content (AvgIpc) is 2.94. The Bertz CT molecular complexity index is 1350. The molecule has 0 radical (unpaired) electrons. The van der Waals surface area contributed by atoms with Crippen molar-refractivity contribution in [3.05, 3.63) is 96.6 Å². The van der Waals surface area contributed by atoms with Crippen molar-refractivity contribution in [2.24, 2.45) is 0 Å². The van der Waals surface area contributed by atoms with Crippen LogP contribution >= 0.6 is 0 Å². The molecular weight excluding hydrogens is 402 g/mol. The van der Waals surface area contributed by atoms with Crippen molar-refractivity contribution in [2.45, 2.75) is 6.42 Å². The van der Waals surface area contributed by atoms with E-state index in [9.17, 15) is 14.4 Å². The van der Waals surface area contributed by atoms with Crippen LogP contribution in [0.3, 0.4) is 0 Å². The highest BCUT2D eigenvalue weighted by atomic mass is 16.2. The fourth-order valence-corrected chi connectivity index (χ4v) is 3.88. The van der Waals surface area contributed by atoms with Gasteiger partial charge in [0.15, 0.2) is 0 Å². The van der Waals surface area contributed by atoms with Crippen molar-refractivity contribution in [3.63, 3.8) is 0 Å². The predicted octanol–water partition coefficient (Wildman–Crippen LogP) is 5.10. The molecule has 3 amide bonds. The SMILES string of the molecule is O=C1CC(=O)N(c2ccc(C(=O)Nc3ccccc3)cc2)c2ccc3ccccc3c2N1. The first-order valence-electron chi connectivity index (χ1n) is 10.2. The standard InChI is InChI=1S/C26H19N3O3/c30-23-16-24(31)29(22-15-12-17-6-4-5-9-21(17)25(22)28-23)20-13-10-18(11-14-20)26(32)27-19-7-2-1-3-8-19/h1-15H,16H2,(H,27,32)(H,28,30). The lowest BCUT2D eigenvalue weighted by molar-refractivity contribution is -0.124. The fraction of sp³-hybridized carbons (Fsp3) is 0.0385. The Morgan fingerprint density at radius 3 is 2.31 bits per heavy atom. The molecule has 0 saturated carbocycles. The summed E-state index contributed by atoms with van der Waals surface area (Å²) in [6.45, 7) is 0. The minimum atomic E-state index is -0.353. The number of carbonyl (C=O) groups is 3. The van der Waals surface area contributed by atoms with Gasteiger partial charge >= 0.3 is 0 Å². The lowest BCUT2D eigenvalue weighted by Crippen LogP contribution is -2.26. The average molecular weight is 421 g/mol. The molecule has 32 heavy (non-hydrogen) atoms. The first kappa shape index (κ1) is 19.5. The van der Waals surface area contributed by atoms with Crippen LogP contribution < -0.4 is 15.5 Å². The van der Waals surface area contributed by atoms with E-state index in [-0.39, 0.29) is 24.1 Å². The van der Waals surface area contributed by atoms with Gasteiger partial charge in [-0.2, -0.15) is 0 Å². The third-order valence-electron chi connectivity index (χ3n) is 5.39. The van der Waals surface area contributed by atoms with E-state index in [0.29, 0.717) is 28.3 Å². The van der Waals surface area contributed by atoms with E-state index in [1.54, 1.807) is 24.3 Å². The second-order valence-corrected chi connectivity index (χ2v) is 7.50. The van der Waals surface area contributed by atoms with E-state index in [0.717, 1.165) is 10.8 Å². The Morgan fingerprint density at radius 1 is 0.812 bits per heavy atom. The van der Waals surface area contributed by atoms with Crippen molar-refractivity contribution < 1.29 is 14.4 Å². The molecule has 4 aromatic carbocycles. The molecule has 0 aliphatic carbocycles. The van der Waals surface area contributed by atoms with Gasteiger partial charge < -0.3 is 10.6 Å². The summed E-state index contributed by atoms with van der Waals surface area (Å²) in [5, 5.41) is 7.56. The van der Waals surface area contributed by atoms with Crippen molar-refractivity contribution in [1.82, 2.24) is 0 Å². The molecule has 6 heteroatoms. The van der Waals surface area contributed by atoms with E-state index >= 15 is 0 Å². The van der Waals surface area contributed by atoms with Crippen LogP contribution in [0.2, 0.25) is 0 Å². The zero-order valence-corrected chi connectivity index (χ0v) is 17.0. The van der Waals surface area contributed by atoms with E-state index in [1.807, 2.05) is 66.7 Å². The maximum atomic E-state index is 13.0. The maximum absolute atomic E-state index is 13.0. The van der Waals surface area contributed by atoms with Crippen molar-refractivity contribution >= 4 is 51.2 Å². The number of carbonyl (C=O) groups excluding carboxylic acids is 3. The van der Waals surface area contributed by atoms with Gasteiger partial charge in [-0.15, -0.1) is 0 Å².